The molecule has 4 aromatic rings. The number of benzene rings is 1. The fourth-order valence-corrected chi connectivity index (χ4v) is 6.01. The van der Waals surface area contributed by atoms with Crippen molar-refractivity contribution >= 4 is 44.9 Å². The second-order valence-electron chi connectivity index (χ2n) is 10.0. The molecule has 6 rings (SSSR count). The number of aromatic nitrogens is 4. The number of carbonyl (C=O) groups excluding carboxylic acids is 2. The van der Waals surface area contributed by atoms with E-state index in [1.165, 1.54) is 7.11 Å². The highest BCUT2D eigenvalue weighted by atomic mass is 79.9. The van der Waals surface area contributed by atoms with E-state index in [4.69, 9.17) is 9.47 Å². The van der Waals surface area contributed by atoms with Gasteiger partial charge in [-0.3, -0.25) is 14.5 Å². The zero-order chi connectivity index (χ0) is 27.9. The molecule has 1 spiro atoms. The van der Waals surface area contributed by atoms with Gasteiger partial charge in [-0.15, -0.1) is 0 Å². The Hall–Kier alpha value is -4.19. The van der Waals surface area contributed by atoms with Gasteiger partial charge in [0.25, 0.3) is 11.8 Å². The van der Waals surface area contributed by atoms with Crippen molar-refractivity contribution in [2.24, 2.45) is 5.41 Å². The third kappa shape index (κ3) is 4.51. The Kier molecular flexibility index (Phi) is 6.78. The Labute approximate surface area is 239 Å². The second kappa shape index (κ2) is 10.4. The number of hydrogen-bond acceptors (Lipinski definition) is 8. The van der Waals surface area contributed by atoms with Gasteiger partial charge in [-0.1, -0.05) is 12.1 Å². The topological polar surface area (TPSA) is 114 Å². The average Bonchev–Trinajstić information content (AvgIpc) is 3.53. The highest BCUT2D eigenvalue weighted by Gasteiger charge is 2.55. The zero-order valence-electron chi connectivity index (χ0n) is 22.1. The number of hydrogen-bond donors (Lipinski definition) is 1. The molecule has 1 atom stereocenters. The predicted octanol–water partition coefficient (Wildman–Crippen LogP) is 3.65. The number of ether oxygens (including phenoxy) is 2. The molecule has 40 heavy (non-hydrogen) atoms. The van der Waals surface area contributed by atoms with Crippen molar-refractivity contribution < 1.29 is 19.1 Å². The van der Waals surface area contributed by atoms with Crippen molar-refractivity contribution in [3.05, 3.63) is 71.1 Å². The summed E-state index contributed by atoms with van der Waals surface area (Å²) in [5, 5.41) is 7.80. The molecule has 0 saturated carbocycles. The number of likely N-dealkylation sites (tertiary alicyclic amines) is 1. The third-order valence-electron chi connectivity index (χ3n) is 7.82. The highest BCUT2D eigenvalue weighted by molar-refractivity contribution is 9.10. The summed E-state index contributed by atoms with van der Waals surface area (Å²) in [6.45, 7) is 1.42. The minimum Gasteiger partial charge on any atom is -0.497 e. The summed E-state index contributed by atoms with van der Waals surface area (Å²) in [7, 11) is 3.13. The molecule has 12 heteroatoms. The predicted molar refractivity (Wildman–Crippen MR) is 152 cm³/mol. The lowest BCUT2D eigenvalue weighted by Gasteiger charge is -2.42. The number of carbonyl (C=O) groups is 2. The highest BCUT2D eigenvalue weighted by Crippen LogP contribution is 2.44. The van der Waals surface area contributed by atoms with Gasteiger partial charge in [-0.25, -0.2) is 9.50 Å². The number of halogens is 1. The van der Waals surface area contributed by atoms with E-state index >= 15 is 0 Å². The molecule has 2 aliphatic heterocycles. The van der Waals surface area contributed by atoms with Crippen LogP contribution in [0.15, 0.2) is 65.5 Å². The number of anilines is 2. The van der Waals surface area contributed by atoms with Crippen molar-refractivity contribution in [3.8, 4) is 11.6 Å². The van der Waals surface area contributed by atoms with Gasteiger partial charge in [0.2, 0.25) is 11.8 Å². The number of piperidine rings is 1. The number of nitrogens with zero attached hydrogens (tertiary/aromatic N) is 6. The van der Waals surface area contributed by atoms with E-state index < -0.39 is 11.5 Å². The first-order chi connectivity index (χ1) is 19.4. The van der Waals surface area contributed by atoms with Crippen LogP contribution in [0.5, 0.6) is 11.6 Å². The number of pyridine rings is 1. The molecule has 1 N–H and O–H groups in total. The van der Waals surface area contributed by atoms with Crippen molar-refractivity contribution in [2.45, 2.75) is 18.9 Å². The monoisotopic (exact) mass is 605 g/mol. The van der Waals surface area contributed by atoms with Crippen LogP contribution in [0.1, 0.15) is 23.2 Å². The summed E-state index contributed by atoms with van der Waals surface area (Å²) in [6, 6.07) is 12.6. The maximum Gasteiger partial charge on any atom is 0.257 e. The number of nitrogens with one attached hydrogen (secondary N) is 1. The van der Waals surface area contributed by atoms with Crippen LogP contribution in [0, 0.1) is 5.41 Å². The number of amides is 2. The lowest BCUT2D eigenvalue weighted by atomic mass is 9.74. The van der Waals surface area contributed by atoms with E-state index in [9.17, 15) is 9.59 Å². The molecule has 11 nitrogen and oxygen atoms in total. The Morgan fingerprint density at radius 2 is 1.93 bits per heavy atom. The van der Waals surface area contributed by atoms with Crippen LogP contribution in [-0.2, 0) is 4.79 Å². The molecule has 1 aromatic carbocycles. The smallest absolute Gasteiger partial charge is 0.257 e. The first-order valence-electron chi connectivity index (χ1n) is 12.9. The molecule has 1 unspecified atom stereocenters. The normalized spacial score (nSPS) is 18.4. The summed E-state index contributed by atoms with van der Waals surface area (Å²) >= 11 is 3.38. The largest absolute Gasteiger partial charge is 0.497 e. The van der Waals surface area contributed by atoms with Gasteiger partial charge in [0, 0.05) is 43.0 Å². The van der Waals surface area contributed by atoms with Crippen LogP contribution in [-0.4, -0.2) is 76.2 Å². The van der Waals surface area contributed by atoms with Crippen molar-refractivity contribution in [3.63, 3.8) is 0 Å². The molecule has 2 aliphatic rings. The maximum absolute atomic E-state index is 14.0. The lowest BCUT2D eigenvalue weighted by Crippen LogP contribution is -2.50. The maximum atomic E-state index is 14.0. The fraction of sp³-hybridized carbons (Fsp3) is 0.321. The Bertz CT molecular complexity index is 1580. The molecular formula is C28H28BrN7O4. The number of fused-ring (bicyclic) bond motifs is 1. The molecule has 3 aromatic heterocycles. The van der Waals surface area contributed by atoms with Gasteiger partial charge < -0.3 is 19.7 Å². The molecular weight excluding hydrogens is 578 g/mol. The molecule has 0 aliphatic carbocycles. The minimum absolute atomic E-state index is 0.0597. The van der Waals surface area contributed by atoms with Crippen LogP contribution < -0.4 is 19.7 Å². The summed E-state index contributed by atoms with van der Waals surface area (Å²) < 4.78 is 13.1. The molecule has 2 saturated heterocycles. The van der Waals surface area contributed by atoms with Crippen LogP contribution in [0.25, 0.3) is 5.52 Å². The van der Waals surface area contributed by atoms with E-state index in [1.54, 1.807) is 28.9 Å². The van der Waals surface area contributed by atoms with Gasteiger partial charge >= 0.3 is 0 Å². The third-order valence-corrected chi connectivity index (χ3v) is 8.36. The Morgan fingerprint density at radius 1 is 1.10 bits per heavy atom. The van der Waals surface area contributed by atoms with Crippen molar-refractivity contribution in [2.75, 3.05) is 44.1 Å². The van der Waals surface area contributed by atoms with Gasteiger partial charge in [-0.05, 0) is 53.0 Å². The SMILES string of the molecule is COc1cccc(NC2C(=O)N(c3ncc(Br)c(OC)n3)CC23CCN(C(=O)c2cnn4ccccc24)CC3)c1. The molecule has 2 fully saturated rings. The quantitative estimate of drug-likeness (QED) is 0.354. The summed E-state index contributed by atoms with van der Waals surface area (Å²) in [5.74, 6) is 1.13. The first-order valence-corrected chi connectivity index (χ1v) is 13.7. The van der Waals surface area contributed by atoms with E-state index in [1.807, 2.05) is 53.6 Å². The molecule has 206 valence electrons. The summed E-state index contributed by atoms with van der Waals surface area (Å²) in [5.41, 5.74) is 1.66. The fourth-order valence-electron chi connectivity index (χ4n) is 5.65. The van der Waals surface area contributed by atoms with Crippen LogP contribution in [0.2, 0.25) is 0 Å². The van der Waals surface area contributed by atoms with Crippen molar-refractivity contribution in [1.82, 2.24) is 24.5 Å². The van der Waals surface area contributed by atoms with Gasteiger partial charge in [0.05, 0.1) is 42.2 Å². The average molecular weight is 606 g/mol. The summed E-state index contributed by atoms with van der Waals surface area (Å²) in [6.07, 6.45) is 6.27. The molecule has 0 radical (unpaired) electrons. The summed E-state index contributed by atoms with van der Waals surface area (Å²) in [4.78, 5) is 39.8. The standard InChI is InChI=1S/C28H28BrN7O4/c1-39-19-7-5-6-18(14-19)32-23-26(38)35(27-30-16-21(29)24(33-27)40-2)17-28(23)9-12-34(13-10-28)25(37)20-15-31-36-11-4-3-8-22(20)36/h3-8,11,14-16,23,32H,9-10,12-13,17H2,1-2H3. The Balaban J connectivity index is 1.29. The van der Waals surface area contributed by atoms with Crippen LogP contribution in [0.3, 0.4) is 0 Å². The lowest BCUT2D eigenvalue weighted by molar-refractivity contribution is -0.119. The van der Waals surface area contributed by atoms with E-state index in [-0.39, 0.29) is 17.8 Å². The van der Waals surface area contributed by atoms with Gasteiger partial charge in [0.1, 0.15) is 11.8 Å². The molecule has 5 heterocycles. The van der Waals surface area contributed by atoms with E-state index in [2.05, 4.69) is 36.3 Å². The van der Waals surface area contributed by atoms with Crippen molar-refractivity contribution in [1.29, 1.82) is 0 Å². The zero-order valence-corrected chi connectivity index (χ0v) is 23.7. The van der Waals surface area contributed by atoms with E-state index in [0.29, 0.717) is 54.1 Å². The number of rotatable bonds is 6. The molecule has 2 amide bonds. The van der Waals surface area contributed by atoms with Gasteiger partial charge in [-0.2, -0.15) is 10.1 Å². The van der Waals surface area contributed by atoms with E-state index in [0.717, 1.165) is 11.2 Å². The number of methoxy groups -OCH3 is 2. The second-order valence-corrected chi connectivity index (χ2v) is 10.9. The van der Waals surface area contributed by atoms with Crippen LogP contribution in [0.4, 0.5) is 11.6 Å². The minimum atomic E-state index is -0.549. The molecule has 0 bridgehead atoms. The van der Waals surface area contributed by atoms with Crippen LogP contribution >= 0.6 is 15.9 Å². The Morgan fingerprint density at radius 3 is 2.70 bits per heavy atom. The first kappa shape index (κ1) is 26.1. The van der Waals surface area contributed by atoms with Gasteiger partial charge in [0.15, 0.2) is 0 Å².